The Kier molecular flexibility index (Phi) is 5.40. The molecular formula is C16H22N4O2S. The first kappa shape index (κ1) is 16.1. The van der Waals surface area contributed by atoms with Crippen LogP contribution in [0.3, 0.4) is 0 Å². The van der Waals surface area contributed by atoms with Gasteiger partial charge >= 0.3 is 0 Å². The third-order valence-corrected chi connectivity index (χ3v) is 5.11. The fourth-order valence-corrected chi connectivity index (χ4v) is 3.57. The minimum Gasteiger partial charge on any atom is -0.376 e. The number of fused-ring (bicyclic) bond motifs is 1. The van der Waals surface area contributed by atoms with Gasteiger partial charge in [-0.25, -0.2) is 9.97 Å². The lowest BCUT2D eigenvalue weighted by Gasteiger charge is -2.11. The van der Waals surface area contributed by atoms with Crippen molar-refractivity contribution in [3.63, 3.8) is 0 Å². The molecule has 2 aromatic heterocycles. The number of rotatable bonds is 7. The van der Waals surface area contributed by atoms with Crippen LogP contribution in [0.15, 0.2) is 12.4 Å². The van der Waals surface area contributed by atoms with Gasteiger partial charge in [0.1, 0.15) is 17.0 Å². The van der Waals surface area contributed by atoms with Crippen molar-refractivity contribution in [2.75, 3.05) is 25.0 Å². The van der Waals surface area contributed by atoms with Crippen molar-refractivity contribution in [1.29, 1.82) is 0 Å². The highest BCUT2D eigenvalue weighted by atomic mass is 32.1. The standard InChI is InChI=1S/C16H22N4O2S/c1-2-12-8-13-15(19-10-20-16(13)23-12)17-6-5-14(21)18-9-11-4-3-7-22-11/h8,10-11H,2-7,9H2,1H3,(H,18,21)(H,17,19,20). The average Bonchev–Trinajstić information content (AvgIpc) is 3.22. The smallest absolute Gasteiger partial charge is 0.221 e. The number of ether oxygens (including phenoxy) is 1. The Labute approximate surface area is 139 Å². The predicted octanol–water partition coefficient (Wildman–Crippen LogP) is 2.35. The van der Waals surface area contributed by atoms with Gasteiger partial charge in [-0.15, -0.1) is 11.3 Å². The molecule has 7 heteroatoms. The van der Waals surface area contributed by atoms with Crippen LogP contribution in [0.5, 0.6) is 0 Å². The lowest BCUT2D eigenvalue weighted by atomic mass is 10.2. The van der Waals surface area contributed by atoms with Gasteiger partial charge in [-0.2, -0.15) is 0 Å². The summed E-state index contributed by atoms with van der Waals surface area (Å²) in [4.78, 5) is 22.7. The molecule has 1 unspecified atom stereocenters. The quantitative estimate of drug-likeness (QED) is 0.813. The zero-order valence-electron chi connectivity index (χ0n) is 13.3. The van der Waals surface area contributed by atoms with Crippen molar-refractivity contribution in [3.8, 4) is 0 Å². The summed E-state index contributed by atoms with van der Waals surface area (Å²) >= 11 is 1.69. The van der Waals surface area contributed by atoms with Crippen LogP contribution in [-0.2, 0) is 16.0 Å². The van der Waals surface area contributed by atoms with E-state index in [4.69, 9.17) is 4.74 Å². The summed E-state index contributed by atoms with van der Waals surface area (Å²) in [5, 5.41) is 7.21. The Balaban J connectivity index is 1.48. The number of amides is 1. The van der Waals surface area contributed by atoms with E-state index < -0.39 is 0 Å². The maximum atomic E-state index is 11.9. The van der Waals surface area contributed by atoms with Gasteiger partial charge in [0.25, 0.3) is 0 Å². The summed E-state index contributed by atoms with van der Waals surface area (Å²) in [5.74, 6) is 0.843. The first-order valence-electron chi connectivity index (χ1n) is 8.12. The number of carbonyl (C=O) groups excluding carboxylic acids is 1. The number of anilines is 1. The number of nitrogens with zero attached hydrogens (tertiary/aromatic N) is 2. The molecule has 0 saturated carbocycles. The van der Waals surface area contributed by atoms with Crippen LogP contribution in [0, 0.1) is 0 Å². The van der Waals surface area contributed by atoms with Gasteiger partial charge in [-0.1, -0.05) is 6.92 Å². The highest BCUT2D eigenvalue weighted by Crippen LogP contribution is 2.28. The first-order chi connectivity index (χ1) is 11.3. The second-order valence-corrected chi connectivity index (χ2v) is 6.74. The van der Waals surface area contributed by atoms with Gasteiger partial charge in [0.2, 0.25) is 5.91 Å². The van der Waals surface area contributed by atoms with Gasteiger partial charge in [0, 0.05) is 31.0 Å². The monoisotopic (exact) mass is 334 g/mol. The number of aromatic nitrogens is 2. The van der Waals surface area contributed by atoms with E-state index in [2.05, 4.69) is 33.6 Å². The van der Waals surface area contributed by atoms with E-state index in [1.54, 1.807) is 17.7 Å². The van der Waals surface area contributed by atoms with E-state index >= 15 is 0 Å². The van der Waals surface area contributed by atoms with Gasteiger partial charge in [-0.3, -0.25) is 4.79 Å². The van der Waals surface area contributed by atoms with Gasteiger partial charge < -0.3 is 15.4 Å². The van der Waals surface area contributed by atoms with Crippen molar-refractivity contribution in [2.45, 2.75) is 38.7 Å². The molecule has 3 heterocycles. The highest BCUT2D eigenvalue weighted by Gasteiger charge is 2.16. The Morgan fingerprint density at radius 3 is 3.17 bits per heavy atom. The SMILES string of the molecule is CCc1cc2c(NCCC(=O)NCC3CCCO3)ncnc2s1. The molecule has 3 rings (SSSR count). The van der Waals surface area contributed by atoms with Crippen molar-refractivity contribution in [3.05, 3.63) is 17.3 Å². The molecule has 0 aliphatic carbocycles. The van der Waals surface area contributed by atoms with Crippen molar-refractivity contribution in [2.24, 2.45) is 0 Å². The van der Waals surface area contributed by atoms with Crippen LogP contribution >= 0.6 is 11.3 Å². The molecular weight excluding hydrogens is 312 g/mol. The van der Waals surface area contributed by atoms with Gasteiger partial charge in [0.05, 0.1) is 11.5 Å². The molecule has 1 atom stereocenters. The molecule has 2 N–H and O–H groups in total. The Morgan fingerprint density at radius 1 is 1.48 bits per heavy atom. The number of nitrogens with one attached hydrogen (secondary N) is 2. The highest BCUT2D eigenvalue weighted by molar-refractivity contribution is 7.18. The number of hydrogen-bond donors (Lipinski definition) is 2. The number of carbonyl (C=O) groups is 1. The molecule has 1 saturated heterocycles. The Hall–Kier alpha value is -1.73. The maximum absolute atomic E-state index is 11.9. The normalized spacial score (nSPS) is 17.5. The molecule has 6 nitrogen and oxygen atoms in total. The third-order valence-electron chi connectivity index (χ3n) is 3.92. The lowest BCUT2D eigenvalue weighted by molar-refractivity contribution is -0.121. The topological polar surface area (TPSA) is 76.1 Å². The van der Waals surface area contributed by atoms with Gasteiger partial charge in [0.15, 0.2) is 0 Å². The molecule has 23 heavy (non-hydrogen) atoms. The number of thiophene rings is 1. The summed E-state index contributed by atoms with van der Waals surface area (Å²) in [7, 11) is 0. The van der Waals surface area contributed by atoms with Crippen molar-refractivity contribution in [1.82, 2.24) is 15.3 Å². The van der Waals surface area contributed by atoms with E-state index in [0.29, 0.717) is 19.5 Å². The Bertz CT molecular complexity index is 667. The molecule has 2 aromatic rings. The number of aryl methyl sites for hydroxylation is 1. The van der Waals surface area contributed by atoms with Crippen LogP contribution in [-0.4, -0.2) is 41.7 Å². The Morgan fingerprint density at radius 2 is 2.39 bits per heavy atom. The molecule has 1 fully saturated rings. The average molecular weight is 334 g/mol. The van der Waals surface area contributed by atoms with Crippen molar-refractivity contribution < 1.29 is 9.53 Å². The van der Waals surface area contributed by atoms with E-state index in [0.717, 1.165) is 41.9 Å². The molecule has 0 spiro atoms. The molecule has 1 aliphatic heterocycles. The van der Waals surface area contributed by atoms with E-state index in [1.165, 1.54) is 4.88 Å². The minimum atomic E-state index is 0.0397. The summed E-state index contributed by atoms with van der Waals surface area (Å²) in [6.45, 7) is 4.11. The van der Waals surface area contributed by atoms with Crippen LogP contribution in [0.1, 0.15) is 31.1 Å². The van der Waals surface area contributed by atoms with E-state index in [9.17, 15) is 4.79 Å². The zero-order valence-corrected chi connectivity index (χ0v) is 14.1. The molecule has 0 aromatic carbocycles. The van der Waals surface area contributed by atoms with E-state index in [-0.39, 0.29) is 12.0 Å². The fourth-order valence-electron chi connectivity index (χ4n) is 2.64. The molecule has 124 valence electrons. The summed E-state index contributed by atoms with van der Waals surface area (Å²) < 4.78 is 5.49. The zero-order chi connectivity index (χ0) is 16.1. The minimum absolute atomic E-state index is 0.0397. The van der Waals surface area contributed by atoms with Crippen LogP contribution in [0.25, 0.3) is 10.2 Å². The second-order valence-electron chi connectivity index (χ2n) is 5.62. The van der Waals surface area contributed by atoms with Crippen molar-refractivity contribution >= 4 is 33.3 Å². The summed E-state index contributed by atoms with van der Waals surface area (Å²) in [6, 6.07) is 2.12. The molecule has 0 radical (unpaired) electrons. The molecule has 1 aliphatic rings. The lowest BCUT2D eigenvalue weighted by Crippen LogP contribution is -2.32. The first-order valence-corrected chi connectivity index (χ1v) is 8.93. The maximum Gasteiger partial charge on any atom is 0.221 e. The third kappa shape index (κ3) is 4.17. The van der Waals surface area contributed by atoms with Crippen LogP contribution in [0.2, 0.25) is 0 Å². The second kappa shape index (κ2) is 7.70. The van der Waals surface area contributed by atoms with E-state index in [1.807, 2.05) is 0 Å². The summed E-state index contributed by atoms with van der Waals surface area (Å²) in [6.07, 6.45) is 5.29. The largest absolute Gasteiger partial charge is 0.376 e. The fraction of sp³-hybridized carbons (Fsp3) is 0.562. The summed E-state index contributed by atoms with van der Waals surface area (Å²) in [5.41, 5.74) is 0. The van der Waals surface area contributed by atoms with Crippen LogP contribution < -0.4 is 10.6 Å². The number of hydrogen-bond acceptors (Lipinski definition) is 6. The van der Waals surface area contributed by atoms with Crippen LogP contribution in [0.4, 0.5) is 5.82 Å². The predicted molar refractivity (Wildman–Crippen MR) is 91.9 cm³/mol. The molecule has 0 bridgehead atoms. The molecule has 1 amide bonds. The van der Waals surface area contributed by atoms with Gasteiger partial charge in [-0.05, 0) is 25.3 Å².